The average molecular weight is 509 g/mol. The number of hydrogen-bond acceptors (Lipinski definition) is 5. The molecule has 0 aromatic heterocycles. The van der Waals surface area contributed by atoms with E-state index in [0.717, 1.165) is 90.3 Å². The molecule has 198 valence electrons. The Bertz CT molecular complexity index is 847. The summed E-state index contributed by atoms with van der Waals surface area (Å²) in [4.78, 5) is 28.3. The second kappa shape index (κ2) is 11.1. The van der Waals surface area contributed by atoms with Crippen LogP contribution in [0.5, 0.6) is 0 Å². The van der Waals surface area contributed by atoms with Crippen LogP contribution in [0.2, 0.25) is 0 Å². The summed E-state index contributed by atoms with van der Waals surface area (Å²) in [5, 5.41) is 3.04. The highest BCUT2D eigenvalue weighted by Crippen LogP contribution is 2.37. The topological polar surface area (TPSA) is 92.8 Å². The van der Waals surface area contributed by atoms with E-state index in [0.29, 0.717) is 54.8 Å². The minimum absolute atomic E-state index is 0.0967. The molecule has 4 aliphatic carbocycles. The number of nitrogens with zero attached hydrogens (tertiary/aromatic N) is 1. The van der Waals surface area contributed by atoms with Gasteiger partial charge in [-0.2, -0.15) is 0 Å². The zero-order valence-electron chi connectivity index (χ0n) is 21.2. The number of hydrogen-bond donors (Lipinski definition) is 1. The fraction of sp³-hybridized carbons (Fsp3) is 0.926. The van der Waals surface area contributed by atoms with Crippen LogP contribution in [0.15, 0.2) is 0 Å². The maximum absolute atomic E-state index is 13.4. The Morgan fingerprint density at radius 1 is 0.743 bits per heavy atom. The first-order valence-corrected chi connectivity index (χ1v) is 16.0. The van der Waals surface area contributed by atoms with Crippen molar-refractivity contribution < 1.29 is 22.7 Å². The van der Waals surface area contributed by atoms with Gasteiger partial charge in [-0.1, -0.05) is 0 Å². The maximum Gasteiger partial charge on any atom is 0.226 e. The minimum atomic E-state index is -2.96. The van der Waals surface area contributed by atoms with Gasteiger partial charge < -0.3 is 15.0 Å². The Morgan fingerprint density at radius 3 is 1.94 bits per heavy atom. The fourth-order valence-corrected chi connectivity index (χ4v) is 8.92. The molecule has 7 nitrogen and oxygen atoms in total. The molecule has 1 heterocycles. The van der Waals surface area contributed by atoms with Crippen LogP contribution in [0.4, 0.5) is 0 Å². The number of ether oxygens (including phenoxy) is 1. The van der Waals surface area contributed by atoms with Gasteiger partial charge in [-0.3, -0.25) is 9.59 Å². The van der Waals surface area contributed by atoms with Crippen molar-refractivity contribution >= 4 is 21.7 Å². The van der Waals surface area contributed by atoms with Crippen molar-refractivity contribution in [2.24, 2.45) is 17.8 Å². The fourth-order valence-electron chi connectivity index (χ4n) is 6.66. The van der Waals surface area contributed by atoms with Crippen molar-refractivity contribution in [3.8, 4) is 0 Å². The summed E-state index contributed by atoms with van der Waals surface area (Å²) in [7, 11) is -2.96. The van der Waals surface area contributed by atoms with E-state index in [1.54, 1.807) is 0 Å². The predicted octanol–water partition coefficient (Wildman–Crippen LogP) is 3.61. The monoisotopic (exact) mass is 508 g/mol. The molecule has 5 fully saturated rings. The van der Waals surface area contributed by atoms with Crippen LogP contribution >= 0.6 is 0 Å². The molecule has 1 N–H and O–H groups in total. The van der Waals surface area contributed by atoms with E-state index in [4.69, 9.17) is 4.74 Å². The molecule has 4 saturated carbocycles. The van der Waals surface area contributed by atoms with Gasteiger partial charge in [-0.15, -0.1) is 0 Å². The summed E-state index contributed by atoms with van der Waals surface area (Å²) in [5.41, 5.74) is 0. The third kappa shape index (κ3) is 6.79. The van der Waals surface area contributed by atoms with Gasteiger partial charge in [0.2, 0.25) is 11.8 Å². The summed E-state index contributed by atoms with van der Waals surface area (Å²) < 4.78 is 30.6. The average Bonchev–Trinajstić information content (AvgIpc) is 3.78. The Hall–Kier alpha value is -1.15. The first-order valence-electron chi connectivity index (χ1n) is 14.3. The molecular formula is C27H44N2O5S. The van der Waals surface area contributed by atoms with E-state index in [1.807, 2.05) is 0 Å². The van der Waals surface area contributed by atoms with Gasteiger partial charge in [-0.05, 0) is 102 Å². The summed E-state index contributed by atoms with van der Waals surface area (Å²) in [5.74, 6) is 1.63. The molecule has 35 heavy (non-hydrogen) atoms. The standard InChI is InChI=1S/C27H44N2O5S/c30-26(17-19-3-11-25(12-4-19)35(32,33)18-20-1-2-20)28-22-7-5-21(6-8-22)27(31)29(23-9-10-23)24-13-15-34-16-14-24/h19-25H,1-18H2,(H,28,30). The molecular weight excluding hydrogens is 464 g/mol. The number of amides is 2. The summed E-state index contributed by atoms with van der Waals surface area (Å²) in [6.07, 6.45) is 13.4. The van der Waals surface area contributed by atoms with Crippen LogP contribution in [0, 0.1) is 17.8 Å². The number of nitrogens with one attached hydrogen (secondary N) is 1. The van der Waals surface area contributed by atoms with Crippen LogP contribution in [0.25, 0.3) is 0 Å². The van der Waals surface area contributed by atoms with E-state index >= 15 is 0 Å². The Kier molecular flexibility index (Phi) is 8.07. The van der Waals surface area contributed by atoms with Crippen molar-refractivity contribution in [2.45, 2.75) is 120 Å². The number of sulfone groups is 1. The molecule has 2 amide bonds. The lowest BCUT2D eigenvalue weighted by atomic mass is 9.83. The van der Waals surface area contributed by atoms with E-state index in [9.17, 15) is 18.0 Å². The highest BCUT2D eigenvalue weighted by Gasteiger charge is 2.41. The molecule has 0 bridgehead atoms. The summed E-state index contributed by atoms with van der Waals surface area (Å²) in [6.45, 7) is 1.52. The van der Waals surface area contributed by atoms with Gasteiger partial charge in [0.1, 0.15) is 0 Å². The minimum Gasteiger partial charge on any atom is -0.381 e. The molecule has 0 atom stereocenters. The quantitative estimate of drug-likeness (QED) is 0.514. The Balaban J connectivity index is 1.02. The predicted molar refractivity (Wildman–Crippen MR) is 134 cm³/mol. The van der Waals surface area contributed by atoms with Crippen molar-refractivity contribution in [3.05, 3.63) is 0 Å². The van der Waals surface area contributed by atoms with E-state index < -0.39 is 9.84 Å². The third-order valence-corrected chi connectivity index (χ3v) is 11.6. The van der Waals surface area contributed by atoms with Crippen LogP contribution in [0.3, 0.4) is 0 Å². The van der Waals surface area contributed by atoms with E-state index in [2.05, 4.69) is 10.2 Å². The SMILES string of the molecule is O=C(CC1CCC(S(=O)(=O)CC2CC2)CC1)NC1CCC(C(=O)N(C2CCOCC2)C2CC2)CC1. The highest BCUT2D eigenvalue weighted by molar-refractivity contribution is 7.92. The molecule has 0 aromatic carbocycles. The lowest BCUT2D eigenvalue weighted by molar-refractivity contribution is -0.141. The maximum atomic E-state index is 13.4. The lowest BCUT2D eigenvalue weighted by Gasteiger charge is -2.38. The first kappa shape index (κ1) is 25.5. The summed E-state index contributed by atoms with van der Waals surface area (Å²) in [6, 6.07) is 0.959. The van der Waals surface area contributed by atoms with Crippen LogP contribution in [-0.2, 0) is 24.2 Å². The number of carbonyl (C=O) groups excluding carboxylic acids is 2. The van der Waals surface area contributed by atoms with Crippen LogP contribution in [-0.4, -0.2) is 67.5 Å². The van der Waals surface area contributed by atoms with E-state index in [-0.39, 0.29) is 23.1 Å². The Labute approximate surface area is 211 Å². The van der Waals surface area contributed by atoms with Crippen molar-refractivity contribution in [2.75, 3.05) is 19.0 Å². The van der Waals surface area contributed by atoms with Crippen molar-refractivity contribution in [3.63, 3.8) is 0 Å². The van der Waals surface area contributed by atoms with Gasteiger partial charge in [-0.25, -0.2) is 8.42 Å². The second-order valence-electron chi connectivity index (χ2n) is 12.1. The molecule has 0 radical (unpaired) electrons. The Morgan fingerprint density at radius 2 is 1.34 bits per heavy atom. The third-order valence-electron chi connectivity index (χ3n) is 9.16. The van der Waals surface area contributed by atoms with Gasteiger partial charge in [0.25, 0.3) is 0 Å². The molecule has 0 unspecified atom stereocenters. The van der Waals surface area contributed by atoms with Crippen molar-refractivity contribution in [1.29, 1.82) is 0 Å². The molecule has 5 aliphatic rings. The smallest absolute Gasteiger partial charge is 0.226 e. The second-order valence-corrected chi connectivity index (χ2v) is 14.4. The van der Waals surface area contributed by atoms with Gasteiger partial charge in [0.05, 0.1) is 11.0 Å². The normalized spacial score (nSPS) is 32.7. The molecule has 0 spiro atoms. The largest absolute Gasteiger partial charge is 0.381 e. The molecule has 5 rings (SSSR count). The first-order chi connectivity index (χ1) is 16.9. The zero-order chi connectivity index (χ0) is 24.4. The van der Waals surface area contributed by atoms with E-state index in [1.165, 1.54) is 0 Å². The molecule has 1 saturated heterocycles. The van der Waals surface area contributed by atoms with Crippen LogP contribution in [0.1, 0.15) is 96.3 Å². The lowest BCUT2D eigenvalue weighted by Crippen LogP contribution is -2.49. The number of carbonyl (C=O) groups is 2. The van der Waals surface area contributed by atoms with Crippen LogP contribution < -0.4 is 5.32 Å². The summed E-state index contributed by atoms with van der Waals surface area (Å²) >= 11 is 0. The molecule has 8 heteroatoms. The van der Waals surface area contributed by atoms with Gasteiger partial charge in [0.15, 0.2) is 9.84 Å². The number of rotatable bonds is 9. The van der Waals surface area contributed by atoms with Crippen molar-refractivity contribution in [1.82, 2.24) is 10.2 Å². The molecule has 0 aromatic rings. The zero-order valence-corrected chi connectivity index (χ0v) is 22.0. The molecule has 1 aliphatic heterocycles. The van der Waals surface area contributed by atoms with Gasteiger partial charge >= 0.3 is 0 Å². The van der Waals surface area contributed by atoms with Gasteiger partial charge in [0, 0.05) is 43.7 Å². The highest BCUT2D eigenvalue weighted by atomic mass is 32.2.